The first-order valence-electron chi connectivity index (χ1n) is 13.8. The molecule has 218 valence electrons. The SMILES string of the molecule is CC[C@H]1OC(O)[C@H](NS(=O)(=O)/C(C#N)=C(\C)c2ccc(-c3ccc4cc(N5CCCCC5)ccc4c3)o2)[C@@H](O)[C@@H]1O. The number of hydrogen-bond donors (Lipinski definition) is 4. The molecule has 0 saturated carbocycles. The molecule has 2 aromatic carbocycles. The van der Waals surface area contributed by atoms with Gasteiger partial charge in [-0.1, -0.05) is 25.1 Å². The van der Waals surface area contributed by atoms with Crippen LogP contribution in [0.15, 0.2) is 57.9 Å². The summed E-state index contributed by atoms with van der Waals surface area (Å²) in [6.07, 6.45) is -1.65. The Balaban J connectivity index is 1.38. The van der Waals surface area contributed by atoms with E-state index in [-0.39, 0.29) is 11.3 Å². The Labute approximate surface area is 239 Å². The second kappa shape index (κ2) is 11.9. The predicted molar refractivity (Wildman–Crippen MR) is 155 cm³/mol. The van der Waals surface area contributed by atoms with E-state index in [1.807, 2.05) is 18.2 Å². The highest BCUT2D eigenvalue weighted by Crippen LogP contribution is 2.32. The molecule has 0 aliphatic carbocycles. The molecule has 0 bridgehead atoms. The van der Waals surface area contributed by atoms with E-state index in [1.54, 1.807) is 25.1 Å². The van der Waals surface area contributed by atoms with E-state index in [9.17, 15) is 29.0 Å². The van der Waals surface area contributed by atoms with Crippen LogP contribution in [-0.4, -0.2) is 67.5 Å². The lowest BCUT2D eigenvalue weighted by atomic mass is 9.96. The fraction of sp³-hybridized carbons (Fsp3) is 0.433. The first kappa shape index (κ1) is 29.3. The number of fused-ring (bicyclic) bond motifs is 1. The number of nitrogens with zero attached hydrogens (tertiary/aromatic N) is 2. The van der Waals surface area contributed by atoms with Gasteiger partial charge in [-0.2, -0.15) is 9.98 Å². The van der Waals surface area contributed by atoms with E-state index >= 15 is 0 Å². The zero-order valence-electron chi connectivity index (χ0n) is 23.0. The van der Waals surface area contributed by atoms with Gasteiger partial charge in [-0.15, -0.1) is 0 Å². The molecule has 5 atom stereocenters. The van der Waals surface area contributed by atoms with Crippen LogP contribution in [0.3, 0.4) is 0 Å². The Hall–Kier alpha value is -3.24. The molecule has 4 N–H and O–H groups in total. The summed E-state index contributed by atoms with van der Waals surface area (Å²) in [4.78, 5) is 1.77. The minimum atomic E-state index is -4.54. The van der Waals surface area contributed by atoms with E-state index in [2.05, 4.69) is 27.8 Å². The van der Waals surface area contributed by atoms with Gasteiger partial charge in [0.1, 0.15) is 35.8 Å². The van der Waals surface area contributed by atoms with E-state index < -0.39 is 45.6 Å². The average molecular weight is 582 g/mol. The number of aliphatic hydroxyl groups excluding tert-OH is 3. The monoisotopic (exact) mass is 581 g/mol. The molecule has 11 heteroatoms. The molecule has 41 heavy (non-hydrogen) atoms. The minimum absolute atomic E-state index is 0.0471. The number of allylic oxidation sites excluding steroid dienone is 2. The maximum Gasteiger partial charge on any atom is 0.251 e. The van der Waals surface area contributed by atoms with Crippen LogP contribution in [0.2, 0.25) is 0 Å². The van der Waals surface area contributed by atoms with Crippen LogP contribution in [-0.2, 0) is 14.8 Å². The van der Waals surface area contributed by atoms with Crippen molar-refractivity contribution in [3.05, 3.63) is 59.2 Å². The third kappa shape index (κ3) is 5.90. The smallest absolute Gasteiger partial charge is 0.251 e. The summed E-state index contributed by atoms with van der Waals surface area (Å²) < 4.78 is 39.7. The van der Waals surface area contributed by atoms with Crippen molar-refractivity contribution in [2.45, 2.75) is 70.2 Å². The Morgan fingerprint density at radius 1 is 1.02 bits per heavy atom. The van der Waals surface area contributed by atoms with Crippen LogP contribution >= 0.6 is 0 Å². The molecule has 2 aliphatic heterocycles. The van der Waals surface area contributed by atoms with Crippen molar-refractivity contribution in [2.24, 2.45) is 0 Å². The summed E-state index contributed by atoms with van der Waals surface area (Å²) >= 11 is 0. The van der Waals surface area contributed by atoms with Crippen molar-refractivity contribution in [3.8, 4) is 17.4 Å². The molecule has 0 amide bonds. The molecule has 5 rings (SSSR count). The van der Waals surface area contributed by atoms with Crippen LogP contribution in [0.1, 0.15) is 45.3 Å². The average Bonchev–Trinajstić information content (AvgIpc) is 3.48. The Morgan fingerprint density at radius 2 is 1.73 bits per heavy atom. The van der Waals surface area contributed by atoms with Gasteiger partial charge in [0.15, 0.2) is 11.2 Å². The summed E-state index contributed by atoms with van der Waals surface area (Å²) in [5, 5.41) is 42.9. The van der Waals surface area contributed by atoms with Gasteiger partial charge in [0.05, 0.1) is 6.10 Å². The quantitative estimate of drug-likeness (QED) is 0.307. The molecular formula is C30H35N3O7S. The number of anilines is 1. The highest BCUT2D eigenvalue weighted by molar-refractivity contribution is 7.93. The zero-order chi connectivity index (χ0) is 29.3. The van der Waals surface area contributed by atoms with Crippen molar-refractivity contribution < 1.29 is 32.9 Å². The molecule has 1 aromatic heterocycles. The summed E-state index contributed by atoms with van der Waals surface area (Å²) in [7, 11) is -4.54. The van der Waals surface area contributed by atoms with Crippen LogP contribution in [0.4, 0.5) is 5.69 Å². The number of piperidine rings is 1. The molecular weight excluding hydrogens is 546 g/mol. The lowest BCUT2D eigenvalue weighted by Crippen LogP contribution is -2.63. The molecule has 10 nitrogen and oxygen atoms in total. The van der Waals surface area contributed by atoms with Gasteiger partial charge < -0.3 is 29.4 Å². The molecule has 0 spiro atoms. The fourth-order valence-corrected chi connectivity index (χ4v) is 6.89. The summed E-state index contributed by atoms with van der Waals surface area (Å²) in [5.41, 5.74) is 2.06. The van der Waals surface area contributed by atoms with Gasteiger partial charge in [-0.05, 0) is 73.7 Å². The van der Waals surface area contributed by atoms with Crippen LogP contribution in [0.5, 0.6) is 0 Å². The number of sulfonamides is 1. The van der Waals surface area contributed by atoms with Gasteiger partial charge in [-0.3, -0.25) is 0 Å². The molecule has 1 unspecified atom stereocenters. The van der Waals surface area contributed by atoms with Crippen molar-refractivity contribution >= 4 is 32.1 Å². The van der Waals surface area contributed by atoms with Gasteiger partial charge in [-0.25, -0.2) is 8.42 Å². The first-order chi connectivity index (χ1) is 19.6. The molecule has 3 heterocycles. The largest absolute Gasteiger partial charge is 0.456 e. The van der Waals surface area contributed by atoms with E-state index in [0.29, 0.717) is 12.2 Å². The number of benzene rings is 2. The van der Waals surface area contributed by atoms with E-state index in [0.717, 1.165) is 29.4 Å². The number of rotatable bonds is 7. The Morgan fingerprint density at radius 3 is 2.44 bits per heavy atom. The standard InChI is InChI=1S/C30H35N3O7S/c1-3-23-28(34)29(35)27(30(36)40-23)32-41(37,38)26(17-31)18(2)24-11-12-25(39-24)21-8-7-20-16-22(10-9-19(20)15-21)33-13-5-4-6-14-33/h7-12,15-16,23,27-30,32,34-36H,3-6,13-14H2,1-2H3/b26-18+/t23-,27-,28-,29-,30?/m1/s1. The predicted octanol–water partition coefficient (Wildman–Crippen LogP) is 3.48. The fourth-order valence-electron chi connectivity index (χ4n) is 5.54. The normalized spacial score (nSPS) is 26.0. The first-order valence-corrected chi connectivity index (χ1v) is 15.3. The lowest BCUT2D eigenvalue weighted by molar-refractivity contribution is -0.244. The van der Waals surface area contributed by atoms with Crippen molar-refractivity contribution in [1.29, 1.82) is 5.26 Å². The second-order valence-corrected chi connectivity index (χ2v) is 12.3. The van der Waals surface area contributed by atoms with Gasteiger partial charge in [0, 0.05) is 29.9 Å². The number of nitriles is 1. The number of nitrogens with one attached hydrogen (secondary N) is 1. The minimum Gasteiger partial charge on any atom is -0.456 e. The lowest BCUT2D eigenvalue weighted by Gasteiger charge is -2.40. The highest BCUT2D eigenvalue weighted by Gasteiger charge is 2.45. The van der Waals surface area contributed by atoms with Crippen molar-refractivity contribution in [2.75, 3.05) is 18.0 Å². The van der Waals surface area contributed by atoms with Crippen molar-refractivity contribution in [3.63, 3.8) is 0 Å². The van der Waals surface area contributed by atoms with Crippen LogP contribution < -0.4 is 9.62 Å². The molecule has 3 aromatic rings. The molecule has 2 fully saturated rings. The number of furan rings is 1. The second-order valence-electron chi connectivity index (χ2n) is 10.6. The molecule has 2 aliphatic rings. The summed E-state index contributed by atoms with van der Waals surface area (Å²) in [6, 6.07) is 15.8. The van der Waals surface area contributed by atoms with E-state index in [4.69, 9.17) is 9.15 Å². The third-order valence-corrected chi connectivity index (χ3v) is 9.45. The van der Waals surface area contributed by atoms with E-state index in [1.165, 1.54) is 31.9 Å². The van der Waals surface area contributed by atoms with Gasteiger partial charge >= 0.3 is 0 Å². The number of hydrogen-bond acceptors (Lipinski definition) is 9. The third-order valence-electron chi connectivity index (χ3n) is 7.93. The summed E-state index contributed by atoms with van der Waals surface area (Å²) in [5.74, 6) is 0.679. The number of ether oxygens (including phenoxy) is 1. The van der Waals surface area contributed by atoms with Crippen LogP contribution in [0.25, 0.3) is 27.7 Å². The maximum absolute atomic E-state index is 13.2. The Kier molecular flexibility index (Phi) is 8.52. The van der Waals surface area contributed by atoms with Crippen molar-refractivity contribution in [1.82, 2.24) is 4.72 Å². The van der Waals surface area contributed by atoms with Crippen LogP contribution in [0, 0.1) is 11.3 Å². The summed E-state index contributed by atoms with van der Waals surface area (Å²) in [6.45, 7) is 5.27. The zero-order valence-corrected chi connectivity index (χ0v) is 23.8. The van der Waals surface area contributed by atoms with Gasteiger partial charge in [0.25, 0.3) is 10.0 Å². The highest BCUT2D eigenvalue weighted by atomic mass is 32.2. The number of aliphatic hydroxyl groups is 3. The molecule has 0 radical (unpaired) electrons. The van der Waals surface area contributed by atoms with Gasteiger partial charge in [0.2, 0.25) is 0 Å². The Bertz CT molecular complexity index is 1590. The topological polar surface area (TPSA) is 156 Å². The molecule has 2 saturated heterocycles. The maximum atomic E-state index is 13.2.